The number of thiocarbonyl (C=S) groups is 1. The molecule has 1 N–H and O–H groups in total. The van der Waals surface area contributed by atoms with E-state index < -0.39 is 0 Å². The number of fused-ring (bicyclic) bond motifs is 1. The van der Waals surface area contributed by atoms with Crippen LogP contribution in [0.5, 0.6) is 0 Å². The summed E-state index contributed by atoms with van der Waals surface area (Å²) in [4.78, 5) is 32.0. The Bertz CT molecular complexity index is 1210. The number of benzene rings is 1. The number of thiophene rings is 1. The van der Waals surface area contributed by atoms with Crippen molar-refractivity contribution in [1.82, 2.24) is 10.2 Å². The minimum absolute atomic E-state index is 0.0450. The molecule has 0 unspecified atom stereocenters. The van der Waals surface area contributed by atoms with Crippen molar-refractivity contribution >= 4 is 40.2 Å². The van der Waals surface area contributed by atoms with E-state index in [2.05, 4.69) is 47.5 Å². The Kier molecular flexibility index (Phi) is 7.47. The number of ketones is 1. The molecule has 3 saturated carbocycles. The lowest BCUT2D eigenvalue weighted by Gasteiger charge is -2.31. The van der Waals surface area contributed by atoms with Gasteiger partial charge in [0.05, 0.1) is 10.6 Å². The number of nitrogens with one attached hydrogen (secondary N) is 1. The van der Waals surface area contributed by atoms with Crippen LogP contribution in [-0.4, -0.2) is 34.7 Å². The van der Waals surface area contributed by atoms with E-state index in [9.17, 15) is 9.59 Å². The summed E-state index contributed by atoms with van der Waals surface area (Å²) in [5.41, 5.74) is 3.75. The second-order valence-corrected chi connectivity index (χ2v) is 14.4. The summed E-state index contributed by atoms with van der Waals surface area (Å²) in [6.45, 7) is 5.04. The Morgan fingerprint density at radius 3 is 2.53 bits per heavy atom. The number of carbonyl (C=O) groups is 2. The third kappa shape index (κ3) is 6.39. The number of carbonyl (C=O) groups excluding carboxylic acids is 2. The number of rotatable bonds is 12. The van der Waals surface area contributed by atoms with E-state index in [-0.39, 0.29) is 11.8 Å². The smallest absolute Gasteiger partial charge is 0.252 e. The third-order valence-electron chi connectivity index (χ3n) is 8.99. The fourth-order valence-corrected chi connectivity index (χ4v) is 7.60. The molecular formula is C32H40N2O2S2. The van der Waals surface area contributed by atoms with Crippen molar-refractivity contribution in [1.29, 1.82) is 0 Å². The number of aryl methyl sites for hydroxylation is 1. The first kappa shape index (κ1) is 26.2. The van der Waals surface area contributed by atoms with Crippen LogP contribution in [0, 0.1) is 23.2 Å². The van der Waals surface area contributed by atoms with Crippen molar-refractivity contribution in [3.63, 3.8) is 0 Å². The number of hydrogen-bond donors (Lipinski definition) is 1. The molecule has 0 radical (unpaired) electrons. The second-order valence-electron chi connectivity index (χ2n) is 12.7. The maximum absolute atomic E-state index is 13.5. The fourth-order valence-electron chi connectivity index (χ4n) is 5.87. The zero-order valence-corrected chi connectivity index (χ0v) is 24.2. The van der Waals surface area contributed by atoms with Gasteiger partial charge in [0.2, 0.25) is 0 Å². The average molecular weight is 549 g/mol. The zero-order chi connectivity index (χ0) is 26.3. The van der Waals surface area contributed by atoms with Gasteiger partial charge in [-0.3, -0.25) is 9.59 Å². The van der Waals surface area contributed by atoms with E-state index in [0.29, 0.717) is 29.5 Å². The van der Waals surface area contributed by atoms with Crippen LogP contribution < -0.4 is 5.32 Å². The molecule has 6 rings (SSSR count). The molecule has 1 amide bonds. The minimum Gasteiger partial charge on any atom is -0.361 e. The van der Waals surface area contributed by atoms with Crippen LogP contribution in [0.1, 0.15) is 89.5 Å². The summed E-state index contributed by atoms with van der Waals surface area (Å²) >= 11 is 7.85. The van der Waals surface area contributed by atoms with Crippen LogP contribution in [0.4, 0.5) is 0 Å². The molecule has 202 valence electrons. The summed E-state index contributed by atoms with van der Waals surface area (Å²) in [7, 11) is 0. The first-order valence-corrected chi connectivity index (χ1v) is 15.9. The second kappa shape index (κ2) is 10.8. The largest absolute Gasteiger partial charge is 0.361 e. The average Bonchev–Trinajstić information content (AvgIpc) is 3.77. The molecule has 1 aromatic carbocycles. The summed E-state index contributed by atoms with van der Waals surface area (Å²) in [6, 6.07) is 10.7. The third-order valence-corrected chi connectivity index (χ3v) is 10.7. The number of amides is 1. The molecule has 4 aliphatic carbocycles. The van der Waals surface area contributed by atoms with Gasteiger partial charge in [-0.2, -0.15) is 0 Å². The fraction of sp³-hybridized carbons (Fsp3) is 0.594. The molecular weight excluding hydrogens is 508 g/mol. The molecule has 1 aromatic heterocycles. The van der Waals surface area contributed by atoms with E-state index in [0.717, 1.165) is 73.6 Å². The molecule has 3 fully saturated rings. The van der Waals surface area contributed by atoms with Crippen molar-refractivity contribution in [3.8, 4) is 0 Å². The normalized spacial score (nSPS) is 21.4. The maximum atomic E-state index is 13.5. The monoisotopic (exact) mass is 548 g/mol. The predicted molar refractivity (Wildman–Crippen MR) is 158 cm³/mol. The molecule has 2 aromatic rings. The van der Waals surface area contributed by atoms with Crippen LogP contribution >= 0.6 is 23.6 Å². The number of nitrogens with zero attached hydrogens (tertiary/aromatic N) is 1. The van der Waals surface area contributed by atoms with Gasteiger partial charge in [0, 0.05) is 48.1 Å². The molecule has 0 spiro atoms. The summed E-state index contributed by atoms with van der Waals surface area (Å²) in [5, 5.41) is 3.21. The molecule has 6 heteroatoms. The van der Waals surface area contributed by atoms with E-state index in [1.165, 1.54) is 41.7 Å². The van der Waals surface area contributed by atoms with Gasteiger partial charge in [0.1, 0.15) is 5.78 Å². The van der Waals surface area contributed by atoms with Crippen molar-refractivity contribution in [3.05, 3.63) is 56.8 Å². The lowest BCUT2D eigenvalue weighted by Crippen LogP contribution is -2.35. The van der Waals surface area contributed by atoms with Gasteiger partial charge < -0.3 is 10.2 Å². The highest BCUT2D eigenvalue weighted by molar-refractivity contribution is 7.80. The van der Waals surface area contributed by atoms with E-state index in [1.807, 2.05) is 0 Å². The molecule has 0 bridgehead atoms. The van der Waals surface area contributed by atoms with Crippen LogP contribution in [0.15, 0.2) is 30.3 Å². The molecule has 0 aliphatic heterocycles. The number of hydrogen-bond acceptors (Lipinski definition) is 4. The minimum atomic E-state index is 0.0450. The molecule has 1 atom stereocenters. The maximum Gasteiger partial charge on any atom is 0.252 e. The van der Waals surface area contributed by atoms with Crippen LogP contribution in [-0.2, 0) is 30.6 Å². The van der Waals surface area contributed by atoms with E-state index in [1.54, 1.807) is 11.3 Å². The van der Waals surface area contributed by atoms with Gasteiger partial charge in [-0.05, 0) is 86.2 Å². The predicted octanol–water partition coefficient (Wildman–Crippen LogP) is 6.53. The van der Waals surface area contributed by atoms with Gasteiger partial charge in [-0.25, -0.2) is 0 Å². The van der Waals surface area contributed by atoms with Crippen molar-refractivity contribution in [2.45, 2.75) is 84.1 Å². The molecule has 4 nitrogen and oxygen atoms in total. The van der Waals surface area contributed by atoms with Gasteiger partial charge in [-0.15, -0.1) is 11.3 Å². The summed E-state index contributed by atoms with van der Waals surface area (Å²) in [6.07, 6.45) is 11.3. The Balaban J connectivity index is 1.18. The van der Waals surface area contributed by atoms with Crippen LogP contribution in [0.2, 0.25) is 0 Å². The highest BCUT2D eigenvalue weighted by Gasteiger charge is 2.40. The van der Waals surface area contributed by atoms with Gasteiger partial charge in [0.15, 0.2) is 0 Å². The van der Waals surface area contributed by atoms with Crippen molar-refractivity contribution in [2.75, 3.05) is 13.1 Å². The van der Waals surface area contributed by atoms with Gasteiger partial charge in [-0.1, -0.05) is 49.5 Å². The van der Waals surface area contributed by atoms with Crippen molar-refractivity contribution in [2.24, 2.45) is 23.2 Å². The van der Waals surface area contributed by atoms with Crippen LogP contribution in [0.3, 0.4) is 0 Å². The molecule has 1 heterocycles. The van der Waals surface area contributed by atoms with Gasteiger partial charge >= 0.3 is 0 Å². The Morgan fingerprint density at radius 2 is 1.84 bits per heavy atom. The quantitative estimate of drug-likeness (QED) is 0.306. The molecule has 0 saturated heterocycles. The highest BCUT2D eigenvalue weighted by atomic mass is 32.1. The number of Topliss-reactive ketones (excluding diaryl/α,β-unsaturated/α-hetero) is 1. The SMILES string of the molecule is CC1(CN(Cc2ccccc2)C(=S)C[C@@H]2CCc3sc(CC(=O)C4CC4)c(C(=O)NCC4CC4)c3C2)CC1. The highest BCUT2D eigenvalue weighted by Crippen LogP contribution is 2.46. The van der Waals surface area contributed by atoms with Crippen molar-refractivity contribution < 1.29 is 9.59 Å². The first-order valence-electron chi connectivity index (χ1n) is 14.6. The molecule has 4 aliphatic rings. The standard InChI is InChI=1S/C32H40N2O2S2/c1-32(13-14-32)20-34(19-22-5-3-2-4-6-22)29(37)16-23-9-12-27-25(15-23)30(31(36)33-18-21-7-8-21)28(38-27)17-26(35)24-10-11-24/h2-6,21,23-24H,7-20H2,1H3,(H,33,36)/t23-/m1/s1. The lowest BCUT2D eigenvalue weighted by molar-refractivity contribution is -0.119. The van der Waals surface area contributed by atoms with Crippen LogP contribution in [0.25, 0.3) is 0 Å². The lowest BCUT2D eigenvalue weighted by atomic mass is 9.83. The van der Waals surface area contributed by atoms with E-state index in [4.69, 9.17) is 12.2 Å². The topological polar surface area (TPSA) is 49.4 Å². The zero-order valence-electron chi connectivity index (χ0n) is 22.6. The first-order chi connectivity index (χ1) is 18.4. The summed E-state index contributed by atoms with van der Waals surface area (Å²) < 4.78 is 0. The Hall–Kier alpha value is -2.05. The Morgan fingerprint density at radius 1 is 1.08 bits per heavy atom. The van der Waals surface area contributed by atoms with E-state index >= 15 is 0 Å². The molecule has 38 heavy (non-hydrogen) atoms. The Labute approximate surface area is 236 Å². The summed E-state index contributed by atoms with van der Waals surface area (Å²) in [5.74, 6) is 1.67. The van der Waals surface area contributed by atoms with Gasteiger partial charge in [0.25, 0.3) is 5.91 Å².